The molecule has 5 nitrogen and oxygen atoms in total. The van der Waals surface area contributed by atoms with Crippen molar-refractivity contribution in [2.45, 2.75) is 78.4 Å². The first kappa shape index (κ1) is 22.6. The highest BCUT2D eigenvalue weighted by molar-refractivity contribution is 7.96. The van der Waals surface area contributed by atoms with Crippen molar-refractivity contribution < 1.29 is 14.4 Å². The molecule has 0 heterocycles. The van der Waals surface area contributed by atoms with Gasteiger partial charge in [0, 0.05) is 13.1 Å². The largest absolute Gasteiger partial charge is 0.306 e. The molecule has 0 radical (unpaired) electrons. The van der Waals surface area contributed by atoms with E-state index >= 15 is 0 Å². The highest BCUT2D eigenvalue weighted by Crippen LogP contribution is 2.18. The van der Waals surface area contributed by atoms with Crippen LogP contribution in [0.1, 0.15) is 72.1 Å². The van der Waals surface area contributed by atoms with E-state index in [0.29, 0.717) is 19.5 Å². The molecule has 23 heavy (non-hydrogen) atoms. The van der Waals surface area contributed by atoms with Gasteiger partial charge in [-0.05, 0) is 25.7 Å². The lowest BCUT2D eigenvalue weighted by Gasteiger charge is -2.33. The topological polar surface area (TPSA) is 49.9 Å². The summed E-state index contributed by atoms with van der Waals surface area (Å²) in [6.07, 6.45) is 7.42. The second-order valence-electron chi connectivity index (χ2n) is 5.62. The number of hydroxylamine groups is 2. The molecule has 1 unspecified atom stereocenters. The monoisotopic (exact) mass is 364 g/mol. The van der Waals surface area contributed by atoms with Gasteiger partial charge in [-0.25, -0.2) is 9.90 Å². The Kier molecular flexibility index (Phi) is 13.7. The molecule has 2 amide bonds. The average molecular weight is 365 g/mol. The second-order valence-corrected chi connectivity index (χ2v) is 6.39. The molecule has 0 aromatic rings. The molecular formula is C16H32N2O3S2. The summed E-state index contributed by atoms with van der Waals surface area (Å²) in [5.41, 5.74) is 0. The number of thiol groups is 2. The molecule has 0 saturated carbocycles. The van der Waals surface area contributed by atoms with Gasteiger partial charge in [0.15, 0.2) is 6.23 Å². The molecule has 7 heteroatoms. The van der Waals surface area contributed by atoms with Gasteiger partial charge in [-0.3, -0.25) is 9.59 Å². The standard InChI is InChI=1S/C16H32N2O3S2/c1-4-7-8-9-10-11-14(17(12-5-2)15(19)22)21-18(13-6-3)16(20)23/h14H,4-13H2,1-3H3,(H,19,22)(H,20,23). The van der Waals surface area contributed by atoms with E-state index in [1.54, 1.807) is 4.90 Å². The Hall–Kier alpha value is -0.400. The minimum atomic E-state index is -0.468. The molecule has 0 saturated heterocycles. The van der Waals surface area contributed by atoms with E-state index in [1.165, 1.54) is 24.3 Å². The molecule has 0 aliphatic rings. The van der Waals surface area contributed by atoms with E-state index in [4.69, 9.17) is 4.84 Å². The quantitative estimate of drug-likeness (QED) is 0.206. The summed E-state index contributed by atoms with van der Waals surface area (Å²) in [5, 5.41) is 0.471. The van der Waals surface area contributed by atoms with Crippen LogP contribution in [0.15, 0.2) is 0 Å². The third-order valence-electron chi connectivity index (χ3n) is 3.50. The molecule has 0 fully saturated rings. The first-order chi connectivity index (χ1) is 11.0. The van der Waals surface area contributed by atoms with E-state index in [0.717, 1.165) is 25.7 Å². The maximum absolute atomic E-state index is 11.8. The van der Waals surface area contributed by atoms with Crippen LogP contribution >= 0.6 is 25.3 Å². The van der Waals surface area contributed by atoms with Crippen molar-refractivity contribution in [1.29, 1.82) is 0 Å². The molecule has 0 spiro atoms. The average Bonchev–Trinajstić information content (AvgIpc) is 2.50. The van der Waals surface area contributed by atoms with E-state index in [1.807, 2.05) is 13.8 Å². The third-order valence-corrected chi connectivity index (χ3v) is 3.98. The van der Waals surface area contributed by atoms with E-state index in [-0.39, 0.29) is 5.24 Å². The van der Waals surface area contributed by atoms with Crippen LogP contribution in [0.3, 0.4) is 0 Å². The number of carbonyl (C=O) groups is 2. The minimum absolute atomic E-state index is 0.325. The van der Waals surface area contributed by atoms with Gasteiger partial charge in [-0.2, -0.15) is 0 Å². The van der Waals surface area contributed by atoms with Crippen molar-refractivity contribution >= 4 is 35.7 Å². The Morgan fingerprint density at radius 3 is 1.96 bits per heavy atom. The van der Waals surface area contributed by atoms with Crippen LogP contribution in [0.2, 0.25) is 0 Å². The van der Waals surface area contributed by atoms with Gasteiger partial charge in [0.25, 0.3) is 5.24 Å². The minimum Gasteiger partial charge on any atom is -0.306 e. The number of carbonyl (C=O) groups excluding carboxylic acids is 2. The highest BCUT2D eigenvalue weighted by atomic mass is 32.1. The molecule has 1 atom stereocenters. The van der Waals surface area contributed by atoms with Crippen LogP contribution in [0, 0.1) is 0 Å². The van der Waals surface area contributed by atoms with Crippen molar-refractivity contribution in [2.75, 3.05) is 13.1 Å². The number of hydrogen-bond acceptors (Lipinski definition) is 3. The van der Waals surface area contributed by atoms with Crippen molar-refractivity contribution in [2.24, 2.45) is 0 Å². The molecule has 0 bridgehead atoms. The van der Waals surface area contributed by atoms with Gasteiger partial charge in [0.2, 0.25) is 0 Å². The maximum atomic E-state index is 11.8. The van der Waals surface area contributed by atoms with Crippen LogP contribution < -0.4 is 0 Å². The van der Waals surface area contributed by atoms with Gasteiger partial charge in [0.1, 0.15) is 0 Å². The fourth-order valence-electron chi connectivity index (χ4n) is 2.34. The lowest BCUT2D eigenvalue weighted by molar-refractivity contribution is -0.194. The second kappa shape index (κ2) is 14.0. The fourth-order valence-corrected chi connectivity index (χ4v) is 2.71. The summed E-state index contributed by atoms with van der Waals surface area (Å²) < 4.78 is 0. The van der Waals surface area contributed by atoms with Crippen LogP contribution in [-0.4, -0.2) is 39.8 Å². The van der Waals surface area contributed by atoms with Crippen molar-refractivity contribution in [3.8, 4) is 0 Å². The highest BCUT2D eigenvalue weighted by Gasteiger charge is 2.25. The SMILES string of the molecule is CCCCCCCC(ON(CCC)C(=O)S)N(CCC)C(=O)S. The number of hydrogen-bond donors (Lipinski definition) is 2. The summed E-state index contributed by atoms with van der Waals surface area (Å²) in [5.74, 6) is 0. The summed E-state index contributed by atoms with van der Waals surface area (Å²) in [7, 11) is 0. The normalized spacial score (nSPS) is 12.0. The maximum Gasteiger partial charge on any atom is 0.302 e. The van der Waals surface area contributed by atoms with E-state index in [9.17, 15) is 9.59 Å². The molecule has 0 N–H and O–H groups in total. The Labute approximate surface area is 151 Å². The van der Waals surface area contributed by atoms with Crippen LogP contribution in [0.5, 0.6) is 0 Å². The first-order valence-electron chi connectivity index (χ1n) is 8.64. The lowest BCUT2D eigenvalue weighted by Crippen LogP contribution is -2.45. The van der Waals surface area contributed by atoms with Crippen LogP contribution in [0.25, 0.3) is 0 Å². The van der Waals surface area contributed by atoms with Crippen LogP contribution in [-0.2, 0) is 4.84 Å². The summed E-state index contributed by atoms with van der Waals surface area (Å²) >= 11 is 7.81. The fraction of sp³-hybridized carbons (Fsp3) is 0.875. The number of rotatable bonds is 13. The van der Waals surface area contributed by atoms with Gasteiger partial charge < -0.3 is 4.90 Å². The summed E-state index contributed by atoms with van der Waals surface area (Å²) in [4.78, 5) is 30.8. The van der Waals surface area contributed by atoms with Crippen LogP contribution in [0.4, 0.5) is 9.59 Å². The van der Waals surface area contributed by atoms with Gasteiger partial charge in [0.05, 0.1) is 0 Å². The smallest absolute Gasteiger partial charge is 0.302 e. The molecule has 0 aliphatic carbocycles. The first-order valence-corrected chi connectivity index (χ1v) is 9.54. The molecule has 0 aliphatic heterocycles. The molecule has 0 aromatic carbocycles. The predicted molar refractivity (Wildman–Crippen MR) is 101 cm³/mol. The van der Waals surface area contributed by atoms with E-state index < -0.39 is 11.5 Å². The Morgan fingerprint density at radius 2 is 1.48 bits per heavy atom. The zero-order valence-corrected chi connectivity index (χ0v) is 16.5. The Balaban J connectivity index is 4.81. The summed E-state index contributed by atoms with van der Waals surface area (Å²) in [6, 6.07) is 0. The van der Waals surface area contributed by atoms with Crippen molar-refractivity contribution in [3.05, 3.63) is 0 Å². The lowest BCUT2D eigenvalue weighted by atomic mass is 10.1. The molecular weight excluding hydrogens is 332 g/mol. The Bertz CT molecular complexity index is 343. The predicted octanol–water partition coefficient (Wildman–Crippen LogP) is 5.13. The number of amides is 2. The molecule has 0 rings (SSSR count). The van der Waals surface area contributed by atoms with Gasteiger partial charge in [-0.15, -0.1) is 0 Å². The Morgan fingerprint density at radius 1 is 0.870 bits per heavy atom. The molecule has 136 valence electrons. The van der Waals surface area contributed by atoms with Crippen molar-refractivity contribution in [1.82, 2.24) is 9.96 Å². The van der Waals surface area contributed by atoms with Crippen molar-refractivity contribution in [3.63, 3.8) is 0 Å². The summed E-state index contributed by atoms with van der Waals surface area (Å²) in [6.45, 7) is 7.14. The zero-order valence-electron chi connectivity index (χ0n) is 14.7. The van der Waals surface area contributed by atoms with Gasteiger partial charge >= 0.3 is 5.24 Å². The van der Waals surface area contributed by atoms with E-state index in [2.05, 4.69) is 32.2 Å². The zero-order chi connectivity index (χ0) is 17.7. The van der Waals surface area contributed by atoms with Gasteiger partial charge in [-0.1, -0.05) is 71.7 Å². The number of nitrogens with zero attached hydrogens (tertiary/aromatic N) is 2. The number of unbranched alkanes of at least 4 members (excludes halogenated alkanes) is 4. The molecule has 0 aromatic heterocycles. The third kappa shape index (κ3) is 10.1.